The Morgan fingerprint density at radius 1 is 1.19 bits per heavy atom. The van der Waals surface area contributed by atoms with Crippen molar-refractivity contribution in [1.82, 2.24) is 14.0 Å². The van der Waals surface area contributed by atoms with Crippen LogP contribution in [0.25, 0.3) is 10.9 Å². The summed E-state index contributed by atoms with van der Waals surface area (Å²) in [5.41, 5.74) is 0.764. The average Bonchev–Trinajstić information content (AvgIpc) is 2.96. The lowest BCUT2D eigenvalue weighted by Crippen LogP contribution is -2.39. The van der Waals surface area contributed by atoms with Crippen molar-refractivity contribution in [3.8, 4) is 5.75 Å². The van der Waals surface area contributed by atoms with Crippen LogP contribution in [0.1, 0.15) is 26.4 Å². The largest absolute Gasteiger partial charge is 0.505 e. The molecular formula is C19H16FN3O4. The van der Waals surface area contributed by atoms with Crippen molar-refractivity contribution in [3.63, 3.8) is 0 Å². The number of hydrogen-bond donors (Lipinski definition) is 1. The zero-order chi connectivity index (χ0) is 19.3. The van der Waals surface area contributed by atoms with Gasteiger partial charge in [-0.2, -0.15) is 0 Å². The molecule has 1 N–H and O–H groups in total. The summed E-state index contributed by atoms with van der Waals surface area (Å²) in [4.78, 5) is 38.4. The maximum absolute atomic E-state index is 13.1. The number of aromatic hydroxyl groups is 1. The summed E-state index contributed by atoms with van der Waals surface area (Å²) in [6, 6.07) is 5.82. The number of hydrogen-bond acceptors (Lipinski definition) is 4. The molecular weight excluding hydrogens is 353 g/mol. The van der Waals surface area contributed by atoms with Gasteiger partial charge in [-0.05, 0) is 17.7 Å². The second kappa shape index (κ2) is 6.08. The van der Waals surface area contributed by atoms with E-state index in [1.165, 1.54) is 39.4 Å². The minimum Gasteiger partial charge on any atom is -0.505 e. The highest BCUT2D eigenvalue weighted by atomic mass is 19.1. The van der Waals surface area contributed by atoms with E-state index in [1.54, 1.807) is 12.1 Å². The first kappa shape index (κ1) is 17.0. The van der Waals surface area contributed by atoms with Gasteiger partial charge in [0, 0.05) is 32.9 Å². The molecule has 1 amide bonds. The van der Waals surface area contributed by atoms with Crippen LogP contribution in [0.3, 0.4) is 0 Å². The van der Waals surface area contributed by atoms with E-state index >= 15 is 0 Å². The van der Waals surface area contributed by atoms with Crippen LogP contribution in [0.2, 0.25) is 0 Å². The molecule has 0 aliphatic carbocycles. The van der Waals surface area contributed by atoms with E-state index < -0.39 is 17.2 Å². The molecule has 0 fully saturated rings. The van der Waals surface area contributed by atoms with E-state index in [0.717, 1.165) is 5.56 Å². The molecule has 0 atom stereocenters. The standard InChI is InChI=1S/C19H16FN3O4/c1-21-9-12(10-24)15-14(18(21)26)17(25)16-19(27)22(6-7-23(15)16)8-11-2-4-13(20)5-3-11/h2-5,9-10,25H,6-8H2,1H3. The monoisotopic (exact) mass is 369 g/mol. The number of halogens is 1. The SMILES string of the molecule is Cn1cc(C=O)c2c(c(O)c3n2CCN(Cc2ccc(F)cc2)C3=O)c1=O. The van der Waals surface area contributed by atoms with Gasteiger partial charge in [-0.3, -0.25) is 14.4 Å². The van der Waals surface area contributed by atoms with Crippen LogP contribution in [0.5, 0.6) is 5.75 Å². The van der Waals surface area contributed by atoms with Crippen molar-refractivity contribution in [2.24, 2.45) is 7.05 Å². The number of benzene rings is 1. The number of pyridine rings is 1. The van der Waals surface area contributed by atoms with Crippen LogP contribution < -0.4 is 5.56 Å². The van der Waals surface area contributed by atoms with Gasteiger partial charge in [0.05, 0.1) is 11.1 Å². The Bertz CT molecular complexity index is 1140. The molecule has 1 aliphatic heterocycles. The molecule has 3 aromatic rings. The molecule has 0 bridgehead atoms. The Hall–Kier alpha value is -3.42. The minimum absolute atomic E-state index is 0.00948. The Morgan fingerprint density at radius 3 is 2.56 bits per heavy atom. The number of amides is 1. The van der Waals surface area contributed by atoms with E-state index in [2.05, 4.69) is 0 Å². The quantitative estimate of drug-likeness (QED) is 0.712. The summed E-state index contributed by atoms with van der Waals surface area (Å²) in [6.45, 7) is 0.909. The van der Waals surface area contributed by atoms with Gasteiger partial charge in [-0.25, -0.2) is 4.39 Å². The van der Waals surface area contributed by atoms with Gasteiger partial charge in [0.25, 0.3) is 11.5 Å². The van der Waals surface area contributed by atoms with Gasteiger partial charge in [0.2, 0.25) is 0 Å². The van der Waals surface area contributed by atoms with Gasteiger partial charge < -0.3 is 19.1 Å². The molecule has 27 heavy (non-hydrogen) atoms. The van der Waals surface area contributed by atoms with Crippen molar-refractivity contribution in [2.75, 3.05) is 6.54 Å². The Balaban J connectivity index is 1.83. The second-order valence-electron chi connectivity index (χ2n) is 6.54. The van der Waals surface area contributed by atoms with Crippen molar-refractivity contribution in [2.45, 2.75) is 13.1 Å². The van der Waals surface area contributed by atoms with Crippen LogP contribution >= 0.6 is 0 Å². The molecule has 7 nitrogen and oxygen atoms in total. The first-order valence-corrected chi connectivity index (χ1v) is 8.36. The lowest BCUT2D eigenvalue weighted by Gasteiger charge is -2.29. The Kier molecular flexibility index (Phi) is 3.83. The van der Waals surface area contributed by atoms with Crippen molar-refractivity contribution >= 4 is 23.1 Å². The van der Waals surface area contributed by atoms with E-state index in [4.69, 9.17) is 0 Å². The van der Waals surface area contributed by atoms with Crippen molar-refractivity contribution < 1.29 is 19.1 Å². The summed E-state index contributed by atoms with van der Waals surface area (Å²) in [6.07, 6.45) is 1.99. The van der Waals surface area contributed by atoms with Crippen LogP contribution in [0, 0.1) is 5.82 Å². The highest BCUT2D eigenvalue weighted by Gasteiger charge is 2.33. The molecule has 3 heterocycles. The third-order valence-electron chi connectivity index (χ3n) is 4.88. The van der Waals surface area contributed by atoms with Gasteiger partial charge in [0.15, 0.2) is 17.7 Å². The molecule has 0 unspecified atom stereocenters. The predicted octanol–water partition coefficient (Wildman–Crippen LogP) is 1.65. The number of carbonyl (C=O) groups excluding carboxylic acids is 2. The van der Waals surface area contributed by atoms with E-state index in [1.807, 2.05) is 0 Å². The average molecular weight is 369 g/mol. The number of rotatable bonds is 3. The number of aryl methyl sites for hydroxylation is 1. The third kappa shape index (κ3) is 2.52. The smallest absolute Gasteiger partial charge is 0.274 e. The number of aldehydes is 1. The summed E-state index contributed by atoms with van der Waals surface area (Å²) in [5.74, 6) is -1.22. The minimum atomic E-state index is -0.479. The molecule has 0 radical (unpaired) electrons. The Labute approximate surface area is 152 Å². The maximum atomic E-state index is 13.1. The second-order valence-corrected chi connectivity index (χ2v) is 6.54. The fourth-order valence-electron chi connectivity index (χ4n) is 3.57. The summed E-state index contributed by atoms with van der Waals surface area (Å²) in [7, 11) is 1.48. The zero-order valence-electron chi connectivity index (χ0n) is 14.5. The van der Waals surface area contributed by atoms with Gasteiger partial charge in [-0.15, -0.1) is 0 Å². The normalized spacial score (nSPS) is 13.9. The lowest BCUT2D eigenvalue weighted by molar-refractivity contribution is 0.0688. The van der Waals surface area contributed by atoms with Gasteiger partial charge >= 0.3 is 0 Å². The van der Waals surface area contributed by atoms with Crippen molar-refractivity contribution in [3.05, 3.63) is 63.5 Å². The number of nitrogens with zero attached hydrogens (tertiary/aromatic N) is 3. The summed E-state index contributed by atoms with van der Waals surface area (Å²) >= 11 is 0. The molecule has 0 saturated carbocycles. The number of carbonyl (C=O) groups is 2. The molecule has 2 aromatic heterocycles. The van der Waals surface area contributed by atoms with Gasteiger partial charge in [-0.1, -0.05) is 12.1 Å². The van der Waals surface area contributed by atoms with E-state index in [0.29, 0.717) is 19.4 Å². The van der Waals surface area contributed by atoms with E-state index in [9.17, 15) is 23.9 Å². The molecule has 8 heteroatoms. The summed E-state index contributed by atoms with van der Waals surface area (Å²) in [5, 5.41) is 10.6. The van der Waals surface area contributed by atoms with Crippen LogP contribution in [0.4, 0.5) is 4.39 Å². The predicted molar refractivity (Wildman–Crippen MR) is 95.4 cm³/mol. The van der Waals surface area contributed by atoms with Crippen LogP contribution in [-0.4, -0.2) is 37.9 Å². The molecule has 1 aromatic carbocycles. The first-order valence-electron chi connectivity index (χ1n) is 8.36. The van der Waals surface area contributed by atoms with Crippen molar-refractivity contribution in [1.29, 1.82) is 0 Å². The molecule has 138 valence electrons. The maximum Gasteiger partial charge on any atom is 0.274 e. The topological polar surface area (TPSA) is 84.5 Å². The molecule has 4 rings (SSSR count). The summed E-state index contributed by atoms with van der Waals surface area (Å²) < 4.78 is 15.8. The molecule has 0 saturated heterocycles. The molecule has 1 aliphatic rings. The highest BCUT2D eigenvalue weighted by molar-refractivity contribution is 6.07. The Morgan fingerprint density at radius 2 is 1.89 bits per heavy atom. The first-order chi connectivity index (χ1) is 12.9. The number of aromatic nitrogens is 2. The molecule has 0 spiro atoms. The van der Waals surface area contributed by atoms with E-state index in [-0.39, 0.29) is 34.5 Å². The fourth-order valence-corrected chi connectivity index (χ4v) is 3.57. The lowest BCUT2D eigenvalue weighted by atomic mass is 10.2. The number of fused-ring (bicyclic) bond motifs is 3. The van der Waals surface area contributed by atoms with Crippen LogP contribution in [0.15, 0.2) is 35.3 Å². The van der Waals surface area contributed by atoms with Gasteiger partial charge in [0.1, 0.15) is 11.2 Å². The fraction of sp³-hybridized carbons (Fsp3) is 0.211. The third-order valence-corrected chi connectivity index (χ3v) is 4.88. The van der Waals surface area contributed by atoms with Crippen LogP contribution in [-0.2, 0) is 20.1 Å². The zero-order valence-corrected chi connectivity index (χ0v) is 14.5. The highest BCUT2D eigenvalue weighted by Crippen LogP contribution is 2.34.